The van der Waals surface area contributed by atoms with Crippen molar-refractivity contribution in [3.63, 3.8) is 0 Å². The maximum Gasteiger partial charge on any atom is 0.255 e. The van der Waals surface area contributed by atoms with Gasteiger partial charge in [-0.2, -0.15) is 0 Å². The minimum Gasteiger partial charge on any atom is -0.321 e. The van der Waals surface area contributed by atoms with E-state index in [1.165, 1.54) is 30.3 Å². The molecule has 0 aliphatic rings. The lowest BCUT2D eigenvalue weighted by Gasteiger charge is -2.10. The van der Waals surface area contributed by atoms with Gasteiger partial charge in [0.1, 0.15) is 10.7 Å². The number of hydrogen-bond donors (Lipinski definition) is 2. The molecule has 0 radical (unpaired) electrons. The molecule has 1 amide bonds. The van der Waals surface area contributed by atoms with Gasteiger partial charge in [-0.15, -0.1) is 6.58 Å². The van der Waals surface area contributed by atoms with Crippen molar-refractivity contribution < 1.29 is 17.6 Å². The van der Waals surface area contributed by atoms with Gasteiger partial charge in [0.15, 0.2) is 0 Å². The van der Waals surface area contributed by atoms with Crippen LogP contribution in [0.25, 0.3) is 0 Å². The zero-order valence-corrected chi connectivity index (χ0v) is 15.1. The molecule has 0 spiro atoms. The Bertz CT molecular complexity index is 933. The third-order valence-corrected chi connectivity index (χ3v) is 5.07. The van der Waals surface area contributed by atoms with Gasteiger partial charge in [0.05, 0.1) is 10.7 Å². The van der Waals surface area contributed by atoms with E-state index in [1.54, 1.807) is 0 Å². The molecule has 2 aromatic rings. The summed E-state index contributed by atoms with van der Waals surface area (Å²) in [5.41, 5.74) is 0.237. The van der Waals surface area contributed by atoms with Crippen LogP contribution < -0.4 is 10.0 Å². The Kier molecular flexibility index (Phi) is 6.18. The highest BCUT2D eigenvalue weighted by atomic mass is 35.5. The summed E-state index contributed by atoms with van der Waals surface area (Å²) < 4.78 is 40.2. The maximum absolute atomic E-state index is 13.9. The van der Waals surface area contributed by atoms with Crippen molar-refractivity contribution in [2.75, 3.05) is 11.9 Å². The van der Waals surface area contributed by atoms with Gasteiger partial charge >= 0.3 is 0 Å². The molecule has 0 aromatic heterocycles. The fraction of sp³-hybridized carbons (Fsp3) is 0.0625. The summed E-state index contributed by atoms with van der Waals surface area (Å²) in [4.78, 5) is 11.7. The van der Waals surface area contributed by atoms with Crippen LogP contribution in [0.3, 0.4) is 0 Å². The highest BCUT2D eigenvalue weighted by Crippen LogP contribution is 2.26. The molecule has 9 heteroatoms. The van der Waals surface area contributed by atoms with Crippen molar-refractivity contribution in [1.29, 1.82) is 0 Å². The highest BCUT2D eigenvalue weighted by Gasteiger charge is 2.21. The Labute approximate surface area is 154 Å². The molecule has 132 valence electrons. The van der Waals surface area contributed by atoms with Crippen molar-refractivity contribution in [1.82, 2.24) is 4.72 Å². The number of sulfonamides is 1. The first-order valence-electron chi connectivity index (χ1n) is 6.91. The summed E-state index contributed by atoms with van der Waals surface area (Å²) in [6.07, 6.45) is 1.31. The molecule has 2 aromatic carbocycles. The van der Waals surface area contributed by atoms with Crippen molar-refractivity contribution >= 4 is 44.8 Å². The van der Waals surface area contributed by atoms with Crippen LogP contribution in [0.1, 0.15) is 10.4 Å². The second-order valence-corrected chi connectivity index (χ2v) is 7.44. The number of carbonyl (C=O) groups is 1. The van der Waals surface area contributed by atoms with E-state index in [1.807, 2.05) is 0 Å². The number of nitrogens with one attached hydrogen (secondary N) is 2. The molecular weight excluding hydrogens is 390 g/mol. The summed E-state index contributed by atoms with van der Waals surface area (Å²) in [7, 11) is -4.12. The lowest BCUT2D eigenvalue weighted by molar-refractivity contribution is 0.102. The normalized spacial score (nSPS) is 11.2. The quantitative estimate of drug-likeness (QED) is 0.720. The average molecular weight is 403 g/mol. The largest absolute Gasteiger partial charge is 0.321 e. The zero-order chi connectivity index (χ0) is 18.6. The van der Waals surface area contributed by atoms with Crippen molar-refractivity contribution in [3.05, 3.63) is 70.5 Å². The molecule has 25 heavy (non-hydrogen) atoms. The van der Waals surface area contributed by atoms with Crippen molar-refractivity contribution in [2.45, 2.75) is 4.90 Å². The van der Waals surface area contributed by atoms with Crippen LogP contribution >= 0.6 is 23.2 Å². The number of amides is 1. The molecule has 0 saturated heterocycles. The topological polar surface area (TPSA) is 75.3 Å². The molecule has 5 nitrogen and oxygen atoms in total. The third kappa shape index (κ3) is 4.79. The Morgan fingerprint density at radius 1 is 1.20 bits per heavy atom. The fourth-order valence-electron chi connectivity index (χ4n) is 1.88. The highest BCUT2D eigenvalue weighted by molar-refractivity contribution is 7.89. The number of rotatable bonds is 6. The van der Waals surface area contributed by atoms with Crippen LogP contribution in [-0.4, -0.2) is 20.9 Å². The summed E-state index contributed by atoms with van der Waals surface area (Å²) in [5.74, 6) is -1.62. The zero-order valence-electron chi connectivity index (χ0n) is 12.7. The van der Waals surface area contributed by atoms with Crippen LogP contribution in [-0.2, 0) is 10.0 Å². The first-order chi connectivity index (χ1) is 11.7. The van der Waals surface area contributed by atoms with Crippen LogP contribution in [0.4, 0.5) is 10.1 Å². The van der Waals surface area contributed by atoms with Gasteiger partial charge < -0.3 is 5.32 Å². The Balaban J connectivity index is 2.32. The van der Waals surface area contributed by atoms with Gasteiger partial charge in [-0.05, 0) is 36.4 Å². The average Bonchev–Trinajstić information content (AvgIpc) is 2.55. The van der Waals surface area contributed by atoms with E-state index in [2.05, 4.69) is 16.6 Å². The number of halogens is 3. The van der Waals surface area contributed by atoms with Crippen LogP contribution in [0.5, 0.6) is 0 Å². The Morgan fingerprint density at radius 2 is 1.92 bits per heavy atom. The lowest BCUT2D eigenvalue weighted by Crippen LogP contribution is -2.25. The van der Waals surface area contributed by atoms with Gasteiger partial charge in [0.25, 0.3) is 5.91 Å². The third-order valence-electron chi connectivity index (χ3n) is 3.08. The standard InChI is InChI=1S/C16H13Cl2FN2O3S/c1-2-7-20-25(23,24)15-8-10(3-5-13(15)19)16(22)21-14-6-4-11(17)9-12(14)18/h2-6,8-9,20H,1,7H2,(H,21,22). The van der Waals surface area contributed by atoms with E-state index in [0.717, 1.165) is 12.1 Å². The minimum absolute atomic E-state index is 0.0496. The molecule has 2 N–H and O–H groups in total. The molecule has 0 heterocycles. The second kappa shape index (κ2) is 7.97. The smallest absolute Gasteiger partial charge is 0.255 e. The second-order valence-electron chi connectivity index (χ2n) is 4.86. The van der Waals surface area contributed by atoms with Crippen LogP contribution in [0.15, 0.2) is 53.9 Å². The van der Waals surface area contributed by atoms with E-state index < -0.39 is 26.6 Å². The summed E-state index contributed by atoms with van der Waals surface area (Å²) in [6, 6.07) is 7.48. The van der Waals surface area contributed by atoms with Crippen LogP contribution in [0.2, 0.25) is 10.0 Å². The molecular formula is C16H13Cl2FN2O3S. The number of carbonyl (C=O) groups excluding carboxylic acids is 1. The summed E-state index contributed by atoms with van der Waals surface area (Å²) in [5, 5.41) is 3.12. The number of anilines is 1. The van der Waals surface area contributed by atoms with E-state index in [-0.39, 0.29) is 22.8 Å². The molecule has 0 aliphatic heterocycles. The van der Waals surface area contributed by atoms with Gasteiger partial charge in [-0.25, -0.2) is 17.5 Å². The SMILES string of the molecule is C=CCNS(=O)(=O)c1cc(C(=O)Nc2ccc(Cl)cc2Cl)ccc1F. The molecule has 2 rings (SSSR count). The molecule has 0 bridgehead atoms. The number of benzene rings is 2. The van der Waals surface area contributed by atoms with Gasteiger partial charge in [-0.1, -0.05) is 29.3 Å². The summed E-state index contributed by atoms with van der Waals surface area (Å²) >= 11 is 11.8. The van der Waals surface area contributed by atoms with Crippen LogP contribution in [0, 0.1) is 5.82 Å². The predicted molar refractivity (Wildman–Crippen MR) is 96.2 cm³/mol. The van der Waals surface area contributed by atoms with Gasteiger partial charge in [-0.3, -0.25) is 4.79 Å². The molecule has 0 unspecified atom stereocenters. The first-order valence-corrected chi connectivity index (χ1v) is 9.15. The maximum atomic E-state index is 13.9. The van der Waals surface area contributed by atoms with Gasteiger partial charge in [0.2, 0.25) is 10.0 Å². The van der Waals surface area contributed by atoms with E-state index in [0.29, 0.717) is 5.02 Å². The van der Waals surface area contributed by atoms with Gasteiger partial charge in [0, 0.05) is 17.1 Å². The molecule has 0 atom stereocenters. The summed E-state index contributed by atoms with van der Waals surface area (Å²) in [6.45, 7) is 3.31. The fourth-order valence-corrected chi connectivity index (χ4v) is 3.44. The minimum atomic E-state index is -4.12. The molecule has 0 saturated carbocycles. The first kappa shape index (κ1) is 19.4. The van der Waals surface area contributed by atoms with E-state index in [9.17, 15) is 17.6 Å². The van der Waals surface area contributed by atoms with E-state index in [4.69, 9.17) is 23.2 Å². The van der Waals surface area contributed by atoms with E-state index >= 15 is 0 Å². The predicted octanol–water partition coefficient (Wildman–Crippen LogP) is 3.85. The Hall–Kier alpha value is -1.93. The monoisotopic (exact) mass is 402 g/mol. The van der Waals surface area contributed by atoms with Crippen molar-refractivity contribution in [2.24, 2.45) is 0 Å². The lowest BCUT2D eigenvalue weighted by atomic mass is 10.2. The van der Waals surface area contributed by atoms with Crippen molar-refractivity contribution in [3.8, 4) is 0 Å². The Morgan fingerprint density at radius 3 is 2.56 bits per heavy atom. The molecule has 0 aliphatic carbocycles. The number of hydrogen-bond acceptors (Lipinski definition) is 3. The molecule has 0 fully saturated rings.